The van der Waals surface area contributed by atoms with Gasteiger partial charge in [0.05, 0.1) is 6.10 Å². The molecule has 2 heterocycles. The van der Waals surface area contributed by atoms with Crippen LogP contribution in [0.2, 0.25) is 5.02 Å². The van der Waals surface area contributed by atoms with E-state index >= 15 is 0 Å². The maximum absolute atomic E-state index is 9.84. The predicted octanol–water partition coefficient (Wildman–Crippen LogP) is 1.65. The Bertz CT molecular complexity index is 449. The number of hydrogen-bond donors (Lipinski definition) is 3. The Morgan fingerprint density at radius 1 is 1.18 bits per heavy atom. The number of halogens is 2. The Balaban J connectivity index is 0.00000176. The molecule has 0 radical (unpaired) electrons. The molecule has 0 amide bonds. The van der Waals surface area contributed by atoms with Crippen molar-refractivity contribution in [2.24, 2.45) is 0 Å². The molecule has 0 spiro atoms. The van der Waals surface area contributed by atoms with Crippen molar-refractivity contribution in [1.29, 1.82) is 0 Å². The Morgan fingerprint density at radius 3 is 2.45 bits per heavy atom. The van der Waals surface area contributed by atoms with Gasteiger partial charge >= 0.3 is 0 Å². The summed E-state index contributed by atoms with van der Waals surface area (Å²) >= 11 is 5.92. The van der Waals surface area contributed by atoms with Gasteiger partial charge < -0.3 is 15.7 Å². The largest absolute Gasteiger partial charge is 0.390 e. The van der Waals surface area contributed by atoms with E-state index in [0.29, 0.717) is 12.6 Å². The number of aliphatic hydroxyl groups is 1. The monoisotopic (exact) mass is 345 g/mol. The number of aliphatic hydroxyl groups excluding tert-OH is 1. The molecule has 2 fully saturated rings. The zero-order valence-electron chi connectivity index (χ0n) is 12.7. The van der Waals surface area contributed by atoms with Crippen molar-refractivity contribution in [3.63, 3.8) is 0 Å². The van der Waals surface area contributed by atoms with Gasteiger partial charge in [-0.15, -0.1) is 12.4 Å². The molecule has 2 aliphatic rings. The number of benzene rings is 1. The van der Waals surface area contributed by atoms with Crippen LogP contribution in [0.3, 0.4) is 0 Å². The number of nitrogens with one attached hydrogen (secondary N) is 2. The lowest BCUT2D eigenvalue weighted by Crippen LogP contribution is -2.49. The summed E-state index contributed by atoms with van der Waals surface area (Å²) in [6.45, 7) is 4.81. The van der Waals surface area contributed by atoms with E-state index in [9.17, 15) is 5.11 Å². The Kier molecular flexibility index (Phi) is 6.93. The highest BCUT2D eigenvalue weighted by molar-refractivity contribution is 6.30. The Morgan fingerprint density at radius 2 is 1.86 bits per heavy atom. The van der Waals surface area contributed by atoms with Crippen molar-refractivity contribution in [2.45, 2.75) is 37.6 Å². The van der Waals surface area contributed by atoms with E-state index in [2.05, 4.69) is 27.7 Å². The van der Waals surface area contributed by atoms with Crippen molar-refractivity contribution < 1.29 is 5.11 Å². The first-order valence-corrected chi connectivity index (χ1v) is 8.20. The molecule has 3 N–H and O–H groups in total. The molecule has 0 aromatic heterocycles. The normalized spacial score (nSPS) is 26.8. The minimum absolute atomic E-state index is 0. The highest BCUT2D eigenvalue weighted by Crippen LogP contribution is 2.17. The topological polar surface area (TPSA) is 47.5 Å². The van der Waals surface area contributed by atoms with Crippen LogP contribution in [0.15, 0.2) is 24.3 Å². The van der Waals surface area contributed by atoms with Crippen LogP contribution in [0.25, 0.3) is 0 Å². The summed E-state index contributed by atoms with van der Waals surface area (Å²) in [5, 5.41) is 17.5. The zero-order valence-corrected chi connectivity index (χ0v) is 14.2. The lowest BCUT2D eigenvalue weighted by molar-refractivity contribution is 0.136. The lowest BCUT2D eigenvalue weighted by atomic mass is 10.0. The van der Waals surface area contributed by atoms with Gasteiger partial charge in [-0.1, -0.05) is 23.7 Å². The van der Waals surface area contributed by atoms with Gasteiger partial charge in [0.2, 0.25) is 0 Å². The number of rotatable bonds is 4. The zero-order chi connectivity index (χ0) is 14.7. The molecule has 0 unspecified atom stereocenters. The molecule has 1 aromatic carbocycles. The second kappa shape index (κ2) is 8.48. The fourth-order valence-electron chi connectivity index (χ4n) is 3.24. The van der Waals surface area contributed by atoms with Crippen LogP contribution < -0.4 is 10.6 Å². The third kappa shape index (κ3) is 4.82. The molecule has 0 aliphatic carbocycles. The summed E-state index contributed by atoms with van der Waals surface area (Å²) in [5.74, 6) is 0. The standard InChI is InChI=1S/C16H24ClN3O.ClH/c17-13-3-1-12(2-4-13)11-20-7-5-14(6-8-20)19-15-9-18-10-16(15)21;/h1-4,14-16,18-19,21H,5-11H2;1H/t15-,16-;/m1./s1. The summed E-state index contributed by atoms with van der Waals surface area (Å²) in [5.41, 5.74) is 1.32. The first-order valence-electron chi connectivity index (χ1n) is 7.82. The van der Waals surface area contributed by atoms with Crippen molar-refractivity contribution in [1.82, 2.24) is 15.5 Å². The van der Waals surface area contributed by atoms with Gasteiger partial charge in [0, 0.05) is 36.7 Å². The molecule has 2 atom stereocenters. The summed E-state index contributed by atoms with van der Waals surface area (Å²) in [4.78, 5) is 2.49. The van der Waals surface area contributed by atoms with E-state index in [1.807, 2.05) is 12.1 Å². The smallest absolute Gasteiger partial charge is 0.0829 e. The summed E-state index contributed by atoms with van der Waals surface area (Å²) in [7, 11) is 0. The van der Waals surface area contributed by atoms with Gasteiger partial charge in [0.1, 0.15) is 0 Å². The first-order chi connectivity index (χ1) is 10.2. The number of nitrogens with zero attached hydrogens (tertiary/aromatic N) is 1. The third-order valence-corrected chi connectivity index (χ3v) is 4.79. The van der Waals surface area contributed by atoms with Gasteiger partial charge in [0.15, 0.2) is 0 Å². The van der Waals surface area contributed by atoms with E-state index in [4.69, 9.17) is 11.6 Å². The summed E-state index contributed by atoms with van der Waals surface area (Å²) < 4.78 is 0. The van der Waals surface area contributed by atoms with Crippen LogP contribution in [-0.4, -0.2) is 54.4 Å². The van der Waals surface area contributed by atoms with E-state index in [0.717, 1.165) is 44.0 Å². The molecule has 3 rings (SSSR count). The molecule has 6 heteroatoms. The van der Waals surface area contributed by atoms with Crippen LogP contribution in [0.5, 0.6) is 0 Å². The van der Waals surface area contributed by atoms with Crippen molar-refractivity contribution >= 4 is 24.0 Å². The quantitative estimate of drug-likeness (QED) is 0.776. The molecule has 22 heavy (non-hydrogen) atoms. The SMILES string of the molecule is Cl.O[C@@H]1CNC[C@H]1NC1CCN(Cc2ccc(Cl)cc2)CC1. The summed E-state index contributed by atoms with van der Waals surface area (Å²) in [6.07, 6.45) is 2.06. The first kappa shape index (κ1) is 18.0. The van der Waals surface area contributed by atoms with Crippen LogP contribution >= 0.6 is 24.0 Å². The molecule has 2 saturated heterocycles. The fraction of sp³-hybridized carbons (Fsp3) is 0.625. The van der Waals surface area contributed by atoms with Gasteiger partial charge in [-0.25, -0.2) is 0 Å². The average Bonchev–Trinajstić information content (AvgIpc) is 2.89. The molecular formula is C16H25Cl2N3O. The predicted molar refractivity (Wildman–Crippen MR) is 92.8 cm³/mol. The van der Waals surface area contributed by atoms with Crippen LogP contribution in [0.4, 0.5) is 0 Å². The Hall–Kier alpha value is -0.360. The fourth-order valence-corrected chi connectivity index (χ4v) is 3.37. The van der Waals surface area contributed by atoms with Crippen molar-refractivity contribution in [3.05, 3.63) is 34.9 Å². The third-order valence-electron chi connectivity index (χ3n) is 4.54. The molecule has 4 nitrogen and oxygen atoms in total. The number of hydrogen-bond acceptors (Lipinski definition) is 4. The highest BCUT2D eigenvalue weighted by Gasteiger charge is 2.28. The Labute approximate surface area is 143 Å². The number of piperidine rings is 1. The molecule has 0 saturated carbocycles. The second-order valence-electron chi connectivity index (χ2n) is 6.18. The van der Waals surface area contributed by atoms with Gasteiger partial charge in [-0.3, -0.25) is 4.90 Å². The van der Waals surface area contributed by atoms with Crippen LogP contribution in [0.1, 0.15) is 18.4 Å². The maximum Gasteiger partial charge on any atom is 0.0829 e. The van der Waals surface area contributed by atoms with Crippen molar-refractivity contribution in [2.75, 3.05) is 26.2 Å². The number of β-amino-alcohol motifs (C(OH)–C–C–N with tert-alkyl or cyclic N) is 1. The van der Waals surface area contributed by atoms with Crippen LogP contribution in [0, 0.1) is 0 Å². The average molecular weight is 346 g/mol. The van der Waals surface area contributed by atoms with Crippen LogP contribution in [-0.2, 0) is 6.54 Å². The van der Waals surface area contributed by atoms with Gasteiger partial charge in [0.25, 0.3) is 0 Å². The minimum Gasteiger partial charge on any atom is -0.390 e. The van der Waals surface area contributed by atoms with Gasteiger partial charge in [-0.05, 0) is 43.6 Å². The molecule has 2 aliphatic heterocycles. The van der Waals surface area contributed by atoms with Gasteiger partial charge in [-0.2, -0.15) is 0 Å². The second-order valence-corrected chi connectivity index (χ2v) is 6.61. The van der Waals surface area contributed by atoms with E-state index in [1.54, 1.807) is 0 Å². The lowest BCUT2D eigenvalue weighted by Gasteiger charge is -2.34. The number of likely N-dealkylation sites (tertiary alicyclic amines) is 1. The van der Waals surface area contributed by atoms with E-state index < -0.39 is 0 Å². The van der Waals surface area contributed by atoms with Crippen molar-refractivity contribution in [3.8, 4) is 0 Å². The minimum atomic E-state index is -0.239. The molecule has 1 aromatic rings. The molecule has 0 bridgehead atoms. The molecular weight excluding hydrogens is 321 g/mol. The van der Waals surface area contributed by atoms with E-state index in [-0.39, 0.29) is 24.6 Å². The molecule has 124 valence electrons. The highest BCUT2D eigenvalue weighted by atomic mass is 35.5. The summed E-state index contributed by atoms with van der Waals surface area (Å²) in [6, 6.07) is 8.88. The maximum atomic E-state index is 9.84. The van der Waals surface area contributed by atoms with E-state index in [1.165, 1.54) is 5.56 Å².